The van der Waals surface area contributed by atoms with Gasteiger partial charge in [0, 0.05) is 22.4 Å². The molecule has 5 heteroatoms. The first-order valence-corrected chi connectivity index (χ1v) is 10.1. The molecule has 3 aromatic carbocycles. The van der Waals surface area contributed by atoms with Gasteiger partial charge >= 0.3 is 5.63 Å². The minimum Gasteiger partial charge on any atom is -0.422 e. The first-order valence-electron chi connectivity index (χ1n) is 9.32. The van der Waals surface area contributed by atoms with E-state index in [1.807, 2.05) is 60.7 Å². The largest absolute Gasteiger partial charge is 0.422 e. The molecule has 0 unspecified atom stereocenters. The molecule has 0 bridgehead atoms. The fourth-order valence-electron chi connectivity index (χ4n) is 3.00. The van der Waals surface area contributed by atoms with Gasteiger partial charge in [0.2, 0.25) is 0 Å². The van der Waals surface area contributed by atoms with Crippen molar-refractivity contribution in [2.24, 2.45) is 0 Å². The molecular formula is C24H19NO3S. The van der Waals surface area contributed by atoms with Crippen LogP contribution in [0.2, 0.25) is 0 Å². The first-order chi connectivity index (χ1) is 14.2. The van der Waals surface area contributed by atoms with Crippen LogP contribution in [0, 0.1) is 0 Å². The lowest BCUT2D eigenvalue weighted by Crippen LogP contribution is -2.25. The van der Waals surface area contributed by atoms with Crippen molar-refractivity contribution in [2.75, 3.05) is 6.54 Å². The average Bonchev–Trinajstić information content (AvgIpc) is 2.75. The molecule has 4 aromatic rings. The van der Waals surface area contributed by atoms with E-state index in [9.17, 15) is 9.59 Å². The van der Waals surface area contributed by atoms with E-state index in [1.165, 1.54) is 17.3 Å². The van der Waals surface area contributed by atoms with Crippen LogP contribution in [0.4, 0.5) is 0 Å². The van der Waals surface area contributed by atoms with Crippen LogP contribution in [0.3, 0.4) is 0 Å². The molecule has 1 aromatic heterocycles. The molecule has 4 rings (SSSR count). The number of carbonyl (C=O) groups is 1. The summed E-state index contributed by atoms with van der Waals surface area (Å²) in [4.78, 5) is 26.2. The number of fused-ring (bicyclic) bond motifs is 1. The van der Waals surface area contributed by atoms with Crippen LogP contribution in [0.15, 0.2) is 104 Å². The van der Waals surface area contributed by atoms with Gasteiger partial charge < -0.3 is 9.73 Å². The summed E-state index contributed by atoms with van der Waals surface area (Å²) >= 11 is 1.35. The normalized spacial score (nSPS) is 10.8. The quantitative estimate of drug-likeness (QED) is 0.466. The van der Waals surface area contributed by atoms with Crippen LogP contribution in [-0.2, 0) is 6.42 Å². The summed E-state index contributed by atoms with van der Waals surface area (Å²) in [7, 11) is 0. The summed E-state index contributed by atoms with van der Waals surface area (Å²) in [6.07, 6.45) is 0.771. The zero-order chi connectivity index (χ0) is 20.1. The van der Waals surface area contributed by atoms with Crippen LogP contribution >= 0.6 is 11.8 Å². The van der Waals surface area contributed by atoms with Gasteiger partial charge in [-0.3, -0.25) is 4.79 Å². The number of amides is 1. The van der Waals surface area contributed by atoms with Crippen LogP contribution in [0.5, 0.6) is 0 Å². The summed E-state index contributed by atoms with van der Waals surface area (Å²) in [6, 6.07) is 26.5. The SMILES string of the molecule is O=C(NCCc1ccccc1)c1ccc2oc(=O)c(Sc3ccccc3)cc2c1. The van der Waals surface area contributed by atoms with Gasteiger partial charge in [-0.15, -0.1) is 0 Å². The molecule has 0 aliphatic rings. The van der Waals surface area contributed by atoms with Crippen molar-refractivity contribution in [3.05, 3.63) is 106 Å². The zero-order valence-electron chi connectivity index (χ0n) is 15.6. The van der Waals surface area contributed by atoms with Gasteiger partial charge in [0.25, 0.3) is 5.91 Å². The summed E-state index contributed by atoms with van der Waals surface area (Å²) in [5, 5.41) is 3.66. The predicted molar refractivity (Wildman–Crippen MR) is 116 cm³/mol. The monoisotopic (exact) mass is 401 g/mol. The van der Waals surface area contributed by atoms with Gasteiger partial charge in [0.15, 0.2) is 0 Å². The Morgan fingerprint density at radius 3 is 2.38 bits per heavy atom. The molecule has 0 saturated heterocycles. The van der Waals surface area contributed by atoms with Crippen molar-refractivity contribution in [3.63, 3.8) is 0 Å². The third-order valence-electron chi connectivity index (χ3n) is 4.48. The zero-order valence-corrected chi connectivity index (χ0v) is 16.4. The molecule has 0 radical (unpaired) electrons. The van der Waals surface area contributed by atoms with E-state index in [0.29, 0.717) is 22.6 Å². The minimum absolute atomic E-state index is 0.147. The summed E-state index contributed by atoms with van der Waals surface area (Å²) in [5.41, 5.74) is 1.80. The number of hydrogen-bond acceptors (Lipinski definition) is 4. The smallest absolute Gasteiger partial charge is 0.350 e. The number of rotatable bonds is 6. The summed E-state index contributed by atoms with van der Waals surface area (Å²) in [6.45, 7) is 0.555. The summed E-state index contributed by atoms with van der Waals surface area (Å²) < 4.78 is 5.43. The topological polar surface area (TPSA) is 59.3 Å². The molecule has 0 aliphatic carbocycles. The average molecular weight is 401 g/mol. The van der Waals surface area contributed by atoms with Crippen molar-refractivity contribution in [3.8, 4) is 0 Å². The van der Waals surface area contributed by atoms with Crippen molar-refractivity contribution in [1.29, 1.82) is 0 Å². The maximum Gasteiger partial charge on any atom is 0.350 e. The van der Waals surface area contributed by atoms with Gasteiger partial charge in [-0.25, -0.2) is 4.79 Å². The number of benzene rings is 3. The van der Waals surface area contributed by atoms with Crippen molar-refractivity contribution < 1.29 is 9.21 Å². The molecule has 29 heavy (non-hydrogen) atoms. The van der Waals surface area contributed by atoms with Crippen molar-refractivity contribution in [2.45, 2.75) is 16.2 Å². The Balaban J connectivity index is 1.50. The molecular weight excluding hydrogens is 382 g/mol. The lowest BCUT2D eigenvalue weighted by atomic mass is 10.1. The van der Waals surface area contributed by atoms with E-state index in [4.69, 9.17) is 4.42 Å². The molecule has 4 nitrogen and oxygen atoms in total. The maximum atomic E-state index is 12.5. The molecule has 0 aliphatic heterocycles. The van der Waals surface area contributed by atoms with E-state index in [2.05, 4.69) is 5.32 Å². The Labute approximate surface area is 172 Å². The summed E-state index contributed by atoms with van der Waals surface area (Å²) in [5.74, 6) is -0.147. The molecule has 1 heterocycles. The fourth-order valence-corrected chi connectivity index (χ4v) is 3.86. The molecule has 0 atom stereocenters. The highest BCUT2D eigenvalue weighted by Gasteiger charge is 2.11. The molecule has 1 N–H and O–H groups in total. The number of nitrogens with one attached hydrogen (secondary N) is 1. The lowest BCUT2D eigenvalue weighted by Gasteiger charge is -2.07. The van der Waals surface area contributed by atoms with Crippen molar-refractivity contribution in [1.82, 2.24) is 5.32 Å². The number of hydrogen-bond donors (Lipinski definition) is 1. The van der Waals surface area contributed by atoms with E-state index in [0.717, 1.165) is 16.7 Å². The predicted octanol–water partition coefficient (Wildman–Crippen LogP) is 4.92. The highest BCUT2D eigenvalue weighted by Crippen LogP contribution is 2.27. The Hall–Kier alpha value is -3.31. The van der Waals surface area contributed by atoms with Crippen LogP contribution in [0.1, 0.15) is 15.9 Å². The molecule has 0 saturated carbocycles. The van der Waals surface area contributed by atoms with Gasteiger partial charge in [0.1, 0.15) is 5.58 Å². The van der Waals surface area contributed by atoms with E-state index in [-0.39, 0.29) is 11.5 Å². The molecule has 0 fully saturated rings. The lowest BCUT2D eigenvalue weighted by molar-refractivity contribution is 0.0954. The Kier molecular flexibility index (Phi) is 5.77. The van der Waals surface area contributed by atoms with Gasteiger partial charge in [-0.2, -0.15) is 0 Å². The van der Waals surface area contributed by atoms with Gasteiger partial charge in [0.05, 0.1) is 4.90 Å². The fraction of sp³-hybridized carbons (Fsp3) is 0.0833. The minimum atomic E-state index is -0.383. The van der Waals surface area contributed by atoms with Gasteiger partial charge in [-0.05, 0) is 48.4 Å². The van der Waals surface area contributed by atoms with Crippen LogP contribution in [0.25, 0.3) is 11.0 Å². The second-order valence-corrected chi connectivity index (χ2v) is 7.67. The highest BCUT2D eigenvalue weighted by molar-refractivity contribution is 7.99. The molecule has 144 valence electrons. The Bertz CT molecular complexity index is 1190. The van der Waals surface area contributed by atoms with E-state index < -0.39 is 0 Å². The third-order valence-corrected chi connectivity index (χ3v) is 5.49. The standard InChI is InChI=1S/C24H19NO3S/c26-23(25-14-13-17-7-3-1-4-8-17)18-11-12-21-19(15-18)16-22(24(27)28-21)29-20-9-5-2-6-10-20/h1-12,15-16H,13-14H2,(H,25,26). The second-order valence-electron chi connectivity index (χ2n) is 6.56. The van der Waals surface area contributed by atoms with Gasteiger partial charge in [-0.1, -0.05) is 60.3 Å². The third kappa shape index (κ3) is 4.76. The van der Waals surface area contributed by atoms with Crippen LogP contribution in [-0.4, -0.2) is 12.5 Å². The first kappa shape index (κ1) is 19.0. The van der Waals surface area contributed by atoms with Crippen molar-refractivity contribution >= 4 is 28.6 Å². The second kappa shape index (κ2) is 8.80. The van der Waals surface area contributed by atoms with Crippen LogP contribution < -0.4 is 10.9 Å². The highest BCUT2D eigenvalue weighted by atomic mass is 32.2. The Morgan fingerprint density at radius 1 is 0.897 bits per heavy atom. The molecule has 1 amide bonds. The van der Waals surface area contributed by atoms with E-state index >= 15 is 0 Å². The maximum absolute atomic E-state index is 12.5. The molecule has 0 spiro atoms. The Morgan fingerprint density at radius 2 is 1.62 bits per heavy atom. The van der Waals surface area contributed by atoms with E-state index in [1.54, 1.807) is 24.3 Å². The number of carbonyl (C=O) groups excluding carboxylic acids is 1.